The number of hydrogen-bond donors (Lipinski definition) is 2. The highest BCUT2D eigenvalue weighted by molar-refractivity contribution is 7.14. The molecule has 134 valence electrons. The van der Waals surface area contributed by atoms with Gasteiger partial charge in [0.25, 0.3) is 0 Å². The summed E-state index contributed by atoms with van der Waals surface area (Å²) in [5.74, 6) is -1.01. The van der Waals surface area contributed by atoms with Gasteiger partial charge in [-0.05, 0) is 33.6 Å². The van der Waals surface area contributed by atoms with Crippen molar-refractivity contribution in [3.63, 3.8) is 0 Å². The number of aliphatic carboxylic acids is 1. The molecule has 0 saturated heterocycles. The third kappa shape index (κ3) is 7.59. The number of nitrogens with zero attached hydrogens (tertiary/aromatic N) is 1. The van der Waals surface area contributed by atoms with Crippen LogP contribution in [0.5, 0.6) is 0 Å². The minimum atomic E-state index is -1.01. The van der Waals surface area contributed by atoms with Gasteiger partial charge in [0.15, 0.2) is 5.13 Å². The van der Waals surface area contributed by atoms with Crippen molar-refractivity contribution in [2.75, 3.05) is 5.32 Å². The molecule has 1 heterocycles. The zero-order chi connectivity index (χ0) is 18.2. The van der Waals surface area contributed by atoms with Crippen molar-refractivity contribution in [1.29, 1.82) is 0 Å². The van der Waals surface area contributed by atoms with E-state index in [2.05, 4.69) is 17.2 Å². The lowest BCUT2D eigenvalue weighted by Crippen LogP contribution is -2.27. The summed E-state index contributed by atoms with van der Waals surface area (Å²) < 4.78 is 5.15. The maximum absolute atomic E-state index is 11.7. The van der Waals surface area contributed by atoms with Crippen LogP contribution >= 0.6 is 11.3 Å². The Morgan fingerprint density at radius 3 is 2.62 bits per heavy atom. The summed E-state index contributed by atoms with van der Waals surface area (Å²) in [6.45, 7) is 7.43. The van der Waals surface area contributed by atoms with Crippen LogP contribution in [0.15, 0.2) is 11.5 Å². The lowest BCUT2D eigenvalue weighted by atomic mass is 10.1. The van der Waals surface area contributed by atoms with E-state index >= 15 is 0 Å². The van der Waals surface area contributed by atoms with Crippen LogP contribution in [0.25, 0.3) is 5.57 Å². The largest absolute Gasteiger partial charge is 0.478 e. The van der Waals surface area contributed by atoms with Gasteiger partial charge in [0, 0.05) is 5.38 Å². The van der Waals surface area contributed by atoms with Crippen molar-refractivity contribution >= 4 is 34.1 Å². The first-order valence-corrected chi connectivity index (χ1v) is 9.00. The molecular weight excluding hydrogens is 328 g/mol. The average Bonchev–Trinajstić information content (AvgIpc) is 2.88. The van der Waals surface area contributed by atoms with E-state index in [1.165, 1.54) is 11.3 Å². The van der Waals surface area contributed by atoms with Crippen molar-refractivity contribution in [1.82, 2.24) is 4.98 Å². The number of aromatic nitrogens is 1. The van der Waals surface area contributed by atoms with Crippen LogP contribution < -0.4 is 5.32 Å². The number of carbonyl (C=O) groups excluding carboxylic acids is 1. The fraction of sp³-hybridized carbons (Fsp3) is 0.588. The van der Waals surface area contributed by atoms with E-state index in [1.807, 2.05) is 0 Å². The molecule has 2 N–H and O–H groups in total. The molecule has 0 atom stereocenters. The molecule has 1 aromatic rings. The summed E-state index contributed by atoms with van der Waals surface area (Å²) in [5, 5.41) is 13.8. The lowest BCUT2D eigenvalue weighted by molar-refractivity contribution is -0.130. The van der Waals surface area contributed by atoms with Crippen LogP contribution in [0.3, 0.4) is 0 Å². The number of nitrogens with one attached hydrogen (secondary N) is 1. The highest BCUT2D eigenvalue weighted by atomic mass is 32.1. The normalized spacial score (nSPS) is 12.1. The van der Waals surface area contributed by atoms with E-state index in [4.69, 9.17) is 4.74 Å². The maximum atomic E-state index is 11.7. The molecule has 1 rings (SSSR count). The van der Waals surface area contributed by atoms with Gasteiger partial charge in [-0.1, -0.05) is 32.3 Å². The SMILES string of the molecule is CCCCCC/C=C(\C(=O)O)c1csc(NC(=O)OC(C)(C)C)n1. The number of allylic oxidation sites excluding steroid dienone is 1. The lowest BCUT2D eigenvalue weighted by Gasteiger charge is -2.18. The number of carboxylic acids is 1. The summed E-state index contributed by atoms with van der Waals surface area (Å²) in [6, 6.07) is 0. The number of amides is 1. The van der Waals surface area contributed by atoms with Gasteiger partial charge in [-0.3, -0.25) is 5.32 Å². The molecule has 0 spiro atoms. The Balaban J connectivity index is 2.70. The monoisotopic (exact) mass is 354 g/mol. The molecule has 1 aromatic heterocycles. The first-order valence-electron chi connectivity index (χ1n) is 8.12. The third-order valence-electron chi connectivity index (χ3n) is 3.02. The number of carboxylic acid groups (broad SMARTS) is 1. The van der Waals surface area contributed by atoms with E-state index in [0.29, 0.717) is 17.2 Å². The molecule has 0 bridgehead atoms. The molecule has 24 heavy (non-hydrogen) atoms. The van der Waals surface area contributed by atoms with Gasteiger partial charge in [0.2, 0.25) is 0 Å². The highest BCUT2D eigenvalue weighted by Crippen LogP contribution is 2.23. The molecule has 6 nitrogen and oxygen atoms in total. The summed E-state index contributed by atoms with van der Waals surface area (Å²) in [5.41, 5.74) is -0.0801. The van der Waals surface area contributed by atoms with E-state index in [0.717, 1.165) is 25.7 Å². The highest BCUT2D eigenvalue weighted by Gasteiger charge is 2.19. The predicted molar refractivity (Wildman–Crippen MR) is 96.3 cm³/mol. The van der Waals surface area contributed by atoms with Crippen LogP contribution in [0.1, 0.15) is 65.5 Å². The Hall–Kier alpha value is -1.89. The first-order chi connectivity index (χ1) is 11.2. The molecule has 0 aliphatic carbocycles. The van der Waals surface area contributed by atoms with Crippen molar-refractivity contribution in [3.8, 4) is 0 Å². The first kappa shape index (κ1) is 20.2. The number of rotatable bonds is 8. The molecule has 0 fully saturated rings. The van der Waals surface area contributed by atoms with Gasteiger partial charge in [-0.25, -0.2) is 14.6 Å². The summed E-state index contributed by atoms with van der Waals surface area (Å²) in [4.78, 5) is 27.3. The van der Waals surface area contributed by atoms with Crippen LogP contribution in [0.4, 0.5) is 9.93 Å². The fourth-order valence-electron chi connectivity index (χ4n) is 1.96. The fourth-order valence-corrected chi connectivity index (χ4v) is 2.66. The van der Waals surface area contributed by atoms with E-state index in [1.54, 1.807) is 32.2 Å². The molecule has 7 heteroatoms. The Bertz CT molecular complexity index is 588. The number of ether oxygens (including phenoxy) is 1. The molecule has 0 aromatic carbocycles. The standard InChI is InChI=1S/C17H26N2O4S/c1-5-6-7-8-9-10-12(14(20)21)13-11-24-15(18-13)19-16(22)23-17(2,3)4/h10-11H,5-9H2,1-4H3,(H,20,21)(H,18,19,22)/b12-10-. The Kier molecular flexibility index (Phi) is 7.91. The van der Waals surface area contributed by atoms with Crippen LogP contribution in [0, 0.1) is 0 Å². The molecule has 1 amide bonds. The number of carbonyl (C=O) groups is 2. The number of anilines is 1. The molecule has 0 radical (unpaired) electrons. The van der Waals surface area contributed by atoms with Crippen molar-refractivity contribution in [2.24, 2.45) is 0 Å². The Labute approximate surface area is 146 Å². The topological polar surface area (TPSA) is 88.5 Å². The van der Waals surface area contributed by atoms with E-state index in [9.17, 15) is 14.7 Å². The smallest absolute Gasteiger partial charge is 0.413 e. The third-order valence-corrected chi connectivity index (χ3v) is 3.78. The molecule has 0 saturated carbocycles. The zero-order valence-electron chi connectivity index (χ0n) is 14.7. The predicted octanol–water partition coefficient (Wildman–Crippen LogP) is 4.93. The minimum Gasteiger partial charge on any atom is -0.478 e. The quantitative estimate of drug-likeness (QED) is 0.510. The average molecular weight is 354 g/mol. The molecule has 0 unspecified atom stereocenters. The van der Waals surface area contributed by atoms with Crippen LogP contribution in [-0.2, 0) is 9.53 Å². The second-order valence-electron chi connectivity index (χ2n) is 6.44. The minimum absolute atomic E-state index is 0.167. The van der Waals surface area contributed by atoms with Gasteiger partial charge >= 0.3 is 12.1 Å². The second-order valence-corrected chi connectivity index (χ2v) is 7.30. The number of hydrogen-bond acceptors (Lipinski definition) is 5. The van der Waals surface area contributed by atoms with Crippen molar-refractivity contribution < 1.29 is 19.4 Å². The number of thiazole rings is 1. The second kappa shape index (κ2) is 9.42. The molecular formula is C17H26N2O4S. The van der Waals surface area contributed by atoms with Crippen LogP contribution in [-0.4, -0.2) is 27.8 Å². The van der Waals surface area contributed by atoms with Crippen LogP contribution in [0.2, 0.25) is 0 Å². The van der Waals surface area contributed by atoms with Crippen molar-refractivity contribution in [2.45, 2.75) is 65.4 Å². The van der Waals surface area contributed by atoms with Gasteiger partial charge in [-0.15, -0.1) is 11.3 Å². The van der Waals surface area contributed by atoms with Gasteiger partial charge in [0.1, 0.15) is 5.60 Å². The zero-order valence-corrected chi connectivity index (χ0v) is 15.5. The Morgan fingerprint density at radius 1 is 1.33 bits per heavy atom. The van der Waals surface area contributed by atoms with Gasteiger partial charge in [-0.2, -0.15) is 0 Å². The maximum Gasteiger partial charge on any atom is 0.413 e. The molecule has 0 aliphatic heterocycles. The Morgan fingerprint density at radius 2 is 2.04 bits per heavy atom. The summed E-state index contributed by atoms with van der Waals surface area (Å²) in [7, 11) is 0. The van der Waals surface area contributed by atoms with Gasteiger partial charge in [0.05, 0.1) is 11.3 Å². The van der Waals surface area contributed by atoms with Crippen molar-refractivity contribution in [3.05, 3.63) is 17.2 Å². The molecule has 0 aliphatic rings. The van der Waals surface area contributed by atoms with E-state index < -0.39 is 17.7 Å². The summed E-state index contributed by atoms with van der Waals surface area (Å²) >= 11 is 1.17. The number of unbranched alkanes of at least 4 members (excludes halogenated alkanes) is 4. The van der Waals surface area contributed by atoms with E-state index in [-0.39, 0.29) is 5.57 Å². The van der Waals surface area contributed by atoms with Gasteiger partial charge < -0.3 is 9.84 Å². The summed E-state index contributed by atoms with van der Waals surface area (Å²) in [6.07, 6.45) is 6.13.